The molecule has 1 aliphatic rings. The van der Waals surface area contributed by atoms with Crippen molar-refractivity contribution in [2.24, 2.45) is 5.92 Å². The standard InChI is InChI=1S/C20H25N3O2.2C2H6/c1-3-15-6-7-18-17(12-15)22-20(19-5-4-10-23(18)19)25-14(2)11-16-8-9-21-24-13-16;2*1-2/h4-7,10,12,14,16,21H,3,8-9,11,13H2,1-2H3;2*1-2H3. The fraction of sp³-hybridized carbons (Fsp3) is 0.542. The number of aryl methyl sites for hydroxylation is 1. The molecule has 2 atom stereocenters. The van der Waals surface area contributed by atoms with Crippen LogP contribution in [0.5, 0.6) is 5.88 Å². The Morgan fingerprint density at radius 2 is 2.00 bits per heavy atom. The average molecular weight is 400 g/mol. The Hall–Kier alpha value is -2.11. The van der Waals surface area contributed by atoms with Gasteiger partial charge in [-0.25, -0.2) is 10.5 Å². The van der Waals surface area contributed by atoms with Crippen molar-refractivity contribution in [1.29, 1.82) is 0 Å². The summed E-state index contributed by atoms with van der Waals surface area (Å²) >= 11 is 0. The lowest BCUT2D eigenvalue weighted by Crippen LogP contribution is -2.32. The Balaban J connectivity index is 0.000000707. The molecule has 3 heterocycles. The third kappa shape index (κ3) is 5.71. The van der Waals surface area contributed by atoms with Crippen LogP contribution in [0.4, 0.5) is 0 Å². The monoisotopic (exact) mass is 399 g/mol. The van der Waals surface area contributed by atoms with Gasteiger partial charge in [0.1, 0.15) is 5.52 Å². The van der Waals surface area contributed by atoms with E-state index in [4.69, 9.17) is 14.6 Å². The molecule has 0 aliphatic carbocycles. The highest BCUT2D eigenvalue weighted by Gasteiger charge is 2.19. The summed E-state index contributed by atoms with van der Waals surface area (Å²) in [5.74, 6) is 1.25. The second kappa shape index (κ2) is 11.8. The summed E-state index contributed by atoms with van der Waals surface area (Å²) in [6, 6.07) is 10.6. The molecular formula is C24H37N3O2. The minimum atomic E-state index is 0.102. The van der Waals surface area contributed by atoms with Gasteiger partial charge in [-0.3, -0.25) is 0 Å². The molecule has 160 valence electrons. The largest absolute Gasteiger partial charge is 0.473 e. The first kappa shape index (κ1) is 23.2. The van der Waals surface area contributed by atoms with Crippen LogP contribution < -0.4 is 10.2 Å². The highest BCUT2D eigenvalue weighted by Crippen LogP contribution is 2.27. The molecule has 0 bridgehead atoms. The van der Waals surface area contributed by atoms with Gasteiger partial charge >= 0.3 is 0 Å². The Bertz CT molecular complexity index is 869. The number of rotatable bonds is 5. The van der Waals surface area contributed by atoms with E-state index in [1.165, 1.54) is 5.56 Å². The van der Waals surface area contributed by atoms with Gasteiger partial charge in [0.25, 0.3) is 0 Å². The third-order valence-corrected chi connectivity index (χ3v) is 4.95. The zero-order chi connectivity index (χ0) is 21.2. The second-order valence-corrected chi connectivity index (χ2v) is 6.88. The van der Waals surface area contributed by atoms with E-state index >= 15 is 0 Å². The first-order chi connectivity index (χ1) is 14.2. The predicted molar refractivity (Wildman–Crippen MR) is 122 cm³/mol. The summed E-state index contributed by atoms with van der Waals surface area (Å²) in [6.45, 7) is 13.9. The van der Waals surface area contributed by atoms with Crippen LogP contribution in [0.2, 0.25) is 0 Å². The molecule has 5 nitrogen and oxygen atoms in total. The number of hydroxylamine groups is 1. The SMILES string of the molecule is CC.CC.CCc1ccc2c(c1)nc(OC(C)CC1CCNOC1)c1cccn12. The summed E-state index contributed by atoms with van der Waals surface area (Å²) in [7, 11) is 0. The van der Waals surface area contributed by atoms with Gasteiger partial charge in [-0.1, -0.05) is 40.7 Å². The average Bonchev–Trinajstić information content (AvgIpc) is 3.27. The van der Waals surface area contributed by atoms with Crippen molar-refractivity contribution in [3.63, 3.8) is 0 Å². The quantitative estimate of drug-likeness (QED) is 0.589. The molecule has 2 unspecified atom stereocenters. The Morgan fingerprint density at radius 1 is 1.21 bits per heavy atom. The van der Waals surface area contributed by atoms with Gasteiger partial charge in [0.15, 0.2) is 0 Å². The van der Waals surface area contributed by atoms with E-state index in [1.807, 2.05) is 33.8 Å². The summed E-state index contributed by atoms with van der Waals surface area (Å²) in [5.41, 5.74) is 7.34. The van der Waals surface area contributed by atoms with E-state index in [1.54, 1.807) is 0 Å². The van der Waals surface area contributed by atoms with Crippen LogP contribution in [0.25, 0.3) is 16.6 Å². The molecule has 0 radical (unpaired) electrons. The summed E-state index contributed by atoms with van der Waals surface area (Å²) < 4.78 is 8.43. The number of fused-ring (bicyclic) bond motifs is 3. The molecule has 3 aromatic rings. The lowest BCUT2D eigenvalue weighted by Gasteiger charge is -2.25. The number of benzene rings is 1. The van der Waals surface area contributed by atoms with Crippen LogP contribution in [-0.2, 0) is 11.3 Å². The van der Waals surface area contributed by atoms with E-state index in [-0.39, 0.29) is 6.10 Å². The number of aromatic nitrogens is 2. The second-order valence-electron chi connectivity index (χ2n) is 6.88. The molecule has 1 saturated heterocycles. The third-order valence-electron chi connectivity index (χ3n) is 4.95. The van der Waals surface area contributed by atoms with Gasteiger partial charge in [-0.2, -0.15) is 0 Å². The minimum Gasteiger partial charge on any atom is -0.473 e. The maximum atomic E-state index is 6.26. The first-order valence-corrected chi connectivity index (χ1v) is 11.2. The van der Waals surface area contributed by atoms with E-state index in [2.05, 4.69) is 54.2 Å². The van der Waals surface area contributed by atoms with Crippen LogP contribution in [0, 0.1) is 5.92 Å². The van der Waals surface area contributed by atoms with E-state index < -0.39 is 0 Å². The van der Waals surface area contributed by atoms with Crippen molar-refractivity contribution in [2.75, 3.05) is 13.2 Å². The first-order valence-electron chi connectivity index (χ1n) is 11.2. The van der Waals surface area contributed by atoms with Crippen molar-refractivity contribution in [3.05, 3.63) is 42.1 Å². The maximum Gasteiger partial charge on any atom is 0.239 e. The van der Waals surface area contributed by atoms with E-state index in [0.717, 1.165) is 49.0 Å². The van der Waals surface area contributed by atoms with Crippen molar-refractivity contribution >= 4 is 16.6 Å². The molecule has 0 amide bonds. The van der Waals surface area contributed by atoms with Gasteiger partial charge in [-0.15, -0.1) is 0 Å². The molecule has 29 heavy (non-hydrogen) atoms. The molecule has 2 aromatic heterocycles. The number of nitrogens with zero attached hydrogens (tertiary/aromatic N) is 2. The van der Waals surface area contributed by atoms with Gasteiger partial charge in [0.05, 0.1) is 23.7 Å². The maximum absolute atomic E-state index is 6.26. The highest BCUT2D eigenvalue weighted by atomic mass is 16.6. The molecule has 0 saturated carbocycles. The highest BCUT2D eigenvalue weighted by molar-refractivity contribution is 5.81. The topological polar surface area (TPSA) is 47.8 Å². The van der Waals surface area contributed by atoms with Gasteiger partial charge in [0, 0.05) is 12.7 Å². The fourth-order valence-corrected chi connectivity index (χ4v) is 3.59. The summed E-state index contributed by atoms with van der Waals surface area (Å²) in [5, 5.41) is 0. The Morgan fingerprint density at radius 3 is 2.69 bits per heavy atom. The van der Waals surface area contributed by atoms with Crippen molar-refractivity contribution < 1.29 is 9.57 Å². The lowest BCUT2D eigenvalue weighted by molar-refractivity contribution is -0.0283. The zero-order valence-corrected chi connectivity index (χ0v) is 18.9. The van der Waals surface area contributed by atoms with Crippen molar-refractivity contribution in [1.82, 2.24) is 14.9 Å². The zero-order valence-electron chi connectivity index (χ0n) is 18.9. The number of hydrogen-bond acceptors (Lipinski definition) is 4. The van der Waals surface area contributed by atoms with Gasteiger partial charge < -0.3 is 14.0 Å². The molecular weight excluding hydrogens is 362 g/mol. The summed E-state index contributed by atoms with van der Waals surface area (Å²) in [6.07, 6.45) is 5.28. The predicted octanol–water partition coefficient (Wildman–Crippen LogP) is 5.80. The van der Waals surface area contributed by atoms with Gasteiger partial charge in [-0.05, 0) is 61.9 Å². The molecule has 5 heteroatoms. The van der Waals surface area contributed by atoms with Crippen LogP contribution in [0.15, 0.2) is 36.5 Å². The van der Waals surface area contributed by atoms with Crippen LogP contribution in [-0.4, -0.2) is 28.6 Å². The molecule has 1 N–H and O–H groups in total. The molecule has 4 rings (SSSR count). The summed E-state index contributed by atoms with van der Waals surface area (Å²) in [4.78, 5) is 10.2. The normalized spacial score (nSPS) is 17.1. The van der Waals surface area contributed by atoms with E-state index in [9.17, 15) is 0 Å². The van der Waals surface area contributed by atoms with Crippen molar-refractivity contribution in [2.45, 2.75) is 66.9 Å². The molecule has 1 fully saturated rings. The number of hydrogen-bond donors (Lipinski definition) is 1. The van der Waals surface area contributed by atoms with Crippen LogP contribution >= 0.6 is 0 Å². The Kier molecular flexibility index (Phi) is 9.42. The number of nitrogens with one attached hydrogen (secondary N) is 1. The van der Waals surface area contributed by atoms with Crippen molar-refractivity contribution in [3.8, 4) is 5.88 Å². The molecule has 0 spiro atoms. The molecule has 1 aliphatic heterocycles. The number of ether oxygens (including phenoxy) is 1. The smallest absolute Gasteiger partial charge is 0.239 e. The van der Waals surface area contributed by atoms with Crippen LogP contribution in [0.3, 0.4) is 0 Å². The fourth-order valence-electron chi connectivity index (χ4n) is 3.59. The van der Waals surface area contributed by atoms with E-state index in [0.29, 0.717) is 11.8 Å². The Labute approximate surface area is 175 Å². The van der Waals surface area contributed by atoms with Crippen LogP contribution in [0.1, 0.15) is 59.9 Å². The van der Waals surface area contributed by atoms with Gasteiger partial charge in [0.2, 0.25) is 5.88 Å². The minimum absolute atomic E-state index is 0.102. The molecule has 1 aromatic carbocycles. The lowest BCUT2D eigenvalue weighted by atomic mass is 9.99.